The van der Waals surface area contributed by atoms with Crippen molar-refractivity contribution in [2.75, 3.05) is 6.61 Å². The van der Waals surface area contributed by atoms with E-state index in [1.165, 1.54) is 70.6 Å². The van der Waals surface area contributed by atoms with E-state index in [-0.39, 0.29) is 12.4 Å². The van der Waals surface area contributed by atoms with Gasteiger partial charge < -0.3 is 10.8 Å². The molecule has 0 fully saturated rings. The second kappa shape index (κ2) is 16.8. The number of carbonyl (C=O) groups is 1. The first kappa shape index (κ1) is 24.3. The Labute approximate surface area is 156 Å². The molecule has 0 amide bonds. The van der Waals surface area contributed by atoms with Crippen molar-refractivity contribution in [2.45, 2.75) is 116 Å². The first-order chi connectivity index (χ1) is 12.1. The molecule has 0 saturated carbocycles. The Morgan fingerprint density at radius 3 is 1.80 bits per heavy atom. The number of unbranched alkanes of at least 4 members (excludes halogenated alkanes) is 11. The molecule has 0 aromatic heterocycles. The fourth-order valence-electron chi connectivity index (χ4n) is 3.00. The van der Waals surface area contributed by atoms with Crippen LogP contribution in [0.15, 0.2) is 12.2 Å². The summed E-state index contributed by atoms with van der Waals surface area (Å²) in [5.41, 5.74) is 4.88. The number of carbonyl (C=O) groups excluding carboxylic acids is 1. The van der Waals surface area contributed by atoms with Gasteiger partial charge in [0.25, 0.3) is 0 Å². The number of ketones is 1. The van der Waals surface area contributed by atoms with Gasteiger partial charge in [-0.2, -0.15) is 0 Å². The first-order valence-electron chi connectivity index (χ1n) is 10.7. The van der Waals surface area contributed by atoms with Gasteiger partial charge in [-0.3, -0.25) is 4.79 Å². The van der Waals surface area contributed by atoms with Crippen LogP contribution < -0.4 is 5.73 Å². The number of nitrogens with two attached hydrogens (primary N) is 1. The number of rotatable bonds is 18. The van der Waals surface area contributed by atoms with Gasteiger partial charge in [0.2, 0.25) is 0 Å². The molecule has 0 spiro atoms. The minimum atomic E-state index is -1.01. The lowest BCUT2D eigenvalue weighted by Crippen LogP contribution is -2.50. The molecule has 0 aliphatic carbocycles. The summed E-state index contributed by atoms with van der Waals surface area (Å²) in [6.07, 6.45) is 22.0. The maximum atomic E-state index is 12.0. The van der Waals surface area contributed by atoms with Crippen LogP contribution in [-0.2, 0) is 4.79 Å². The van der Waals surface area contributed by atoms with Gasteiger partial charge in [0.1, 0.15) is 0 Å². The van der Waals surface area contributed by atoms with E-state index in [9.17, 15) is 9.90 Å². The second-order valence-corrected chi connectivity index (χ2v) is 7.43. The van der Waals surface area contributed by atoms with E-state index in [0.29, 0.717) is 12.8 Å². The number of aliphatic hydroxyl groups is 1. The van der Waals surface area contributed by atoms with Crippen LogP contribution in [0.25, 0.3) is 0 Å². The lowest BCUT2D eigenvalue weighted by molar-refractivity contribution is -0.125. The Hall–Kier alpha value is -0.670. The molecule has 0 heterocycles. The van der Waals surface area contributed by atoms with Crippen LogP contribution in [0.4, 0.5) is 0 Å². The number of aliphatic hydroxyl groups excluding tert-OH is 1. The molecule has 0 aliphatic rings. The average Bonchev–Trinajstić information content (AvgIpc) is 2.63. The van der Waals surface area contributed by atoms with Crippen LogP contribution in [0.2, 0.25) is 0 Å². The van der Waals surface area contributed by atoms with Crippen LogP contribution in [-0.4, -0.2) is 23.0 Å². The van der Waals surface area contributed by atoms with Gasteiger partial charge in [0.15, 0.2) is 5.78 Å². The molecular weight excluding hydrogens is 310 g/mol. The normalized spacial score (nSPS) is 14.1. The van der Waals surface area contributed by atoms with Crippen molar-refractivity contribution in [1.82, 2.24) is 0 Å². The summed E-state index contributed by atoms with van der Waals surface area (Å²) in [6, 6.07) is 0. The third-order valence-electron chi connectivity index (χ3n) is 5.13. The summed E-state index contributed by atoms with van der Waals surface area (Å²) in [5.74, 6) is 0.00938. The summed E-state index contributed by atoms with van der Waals surface area (Å²) in [7, 11) is 0. The summed E-state index contributed by atoms with van der Waals surface area (Å²) < 4.78 is 0. The van der Waals surface area contributed by atoms with Gasteiger partial charge in [0, 0.05) is 6.42 Å². The van der Waals surface area contributed by atoms with Gasteiger partial charge in [0.05, 0.1) is 12.1 Å². The highest BCUT2D eigenvalue weighted by molar-refractivity contribution is 5.88. The number of hydrogen-bond acceptors (Lipinski definition) is 3. The Balaban J connectivity index is 3.39. The Morgan fingerprint density at radius 1 is 0.840 bits per heavy atom. The Bertz CT molecular complexity index is 335. The highest BCUT2D eigenvalue weighted by Crippen LogP contribution is 2.14. The predicted octanol–water partition coefficient (Wildman–Crippen LogP) is 5.69. The van der Waals surface area contributed by atoms with Crippen molar-refractivity contribution in [1.29, 1.82) is 0 Å². The topological polar surface area (TPSA) is 63.3 Å². The Morgan fingerprint density at radius 2 is 1.32 bits per heavy atom. The molecule has 0 rings (SSSR count). The van der Waals surface area contributed by atoms with E-state index in [4.69, 9.17) is 5.73 Å². The monoisotopic (exact) mass is 353 g/mol. The van der Waals surface area contributed by atoms with Gasteiger partial charge >= 0.3 is 0 Å². The number of hydrogen-bond donors (Lipinski definition) is 2. The smallest absolute Gasteiger partial charge is 0.154 e. The lowest BCUT2D eigenvalue weighted by Gasteiger charge is -2.23. The maximum absolute atomic E-state index is 12.0. The van der Waals surface area contributed by atoms with E-state index in [0.717, 1.165) is 12.8 Å². The summed E-state index contributed by atoms with van der Waals surface area (Å²) >= 11 is 0. The van der Waals surface area contributed by atoms with Gasteiger partial charge in [-0.25, -0.2) is 0 Å². The summed E-state index contributed by atoms with van der Waals surface area (Å²) in [5, 5.41) is 9.23. The molecule has 0 aromatic rings. The van der Waals surface area contributed by atoms with E-state index >= 15 is 0 Å². The minimum absolute atomic E-state index is 0.00938. The standard InChI is InChI=1S/C22H43NO2/c1-3-5-6-7-8-9-10-11-12-13-14-15-16-17-18-19-21(25)22(23,4-2)20-24/h11-12,24H,3-10,13-20,23H2,1-2H3. The highest BCUT2D eigenvalue weighted by atomic mass is 16.3. The highest BCUT2D eigenvalue weighted by Gasteiger charge is 2.29. The van der Waals surface area contributed by atoms with Crippen molar-refractivity contribution in [3.8, 4) is 0 Å². The van der Waals surface area contributed by atoms with Gasteiger partial charge in [-0.05, 0) is 38.5 Å². The molecule has 1 atom stereocenters. The molecule has 148 valence electrons. The summed E-state index contributed by atoms with van der Waals surface area (Å²) in [6.45, 7) is 3.87. The first-order valence-corrected chi connectivity index (χ1v) is 10.7. The molecule has 3 N–H and O–H groups in total. The zero-order chi connectivity index (χ0) is 18.8. The molecule has 3 nitrogen and oxygen atoms in total. The Kier molecular flexibility index (Phi) is 16.3. The predicted molar refractivity (Wildman–Crippen MR) is 109 cm³/mol. The zero-order valence-electron chi connectivity index (χ0n) is 16.9. The zero-order valence-corrected chi connectivity index (χ0v) is 16.9. The minimum Gasteiger partial charge on any atom is -0.394 e. The molecule has 0 saturated heterocycles. The van der Waals surface area contributed by atoms with Gasteiger partial charge in [-0.1, -0.05) is 77.4 Å². The van der Waals surface area contributed by atoms with E-state index in [1.807, 2.05) is 6.92 Å². The fourth-order valence-corrected chi connectivity index (χ4v) is 3.00. The molecular formula is C22H43NO2. The number of Topliss-reactive ketones (excluding diaryl/α,β-unsaturated/α-hetero) is 1. The lowest BCUT2D eigenvalue weighted by atomic mass is 9.89. The maximum Gasteiger partial charge on any atom is 0.154 e. The molecule has 0 aliphatic heterocycles. The van der Waals surface area contributed by atoms with Crippen LogP contribution >= 0.6 is 0 Å². The molecule has 0 bridgehead atoms. The van der Waals surface area contributed by atoms with E-state index in [2.05, 4.69) is 19.1 Å². The third kappa shape index (κ3) is 13.2. The number of allylic oxidation sites excluding steroid dienone is 2. The van der Waals surface area contributed by atoms with Crippen LogP contribution in [0.5, 0.6) is 0 Å². The quantitative estimate of drug-likeness (QED) is 0.246. The van der Waals surface area contributed by atoms with Crippen molar-refractivity contribution in [2.24, 2.45) is 5.73 Å². The summed E-state index contributed by atoms with van der Waals surface area (Å²) in [4.78, 5) is 12.0. The van der Waals surface area contributed by atoms with E-state index in [1.54, 1.807) is 0 Å². The fraction of sp³-hybridized carbons (Fsp3) is 0.864. The SMILES string of the molecule is CCCCCCCCC=CCCCCCCCC(=O)C(N)(CC)CO. The molecule has 25 heavy (non-hydrogen) atoms. The van der Waals surface area contributed by atoms with Crippen molar-refractivity contribution in [3.05, 3.63) is 12.2 Å². The van der Waals surface area contributed by atoms with Crippen LogP contribution in [0.1, 0.15) is 110 Å². The average molecular weight is 354 g/mol. The van der Waals surface area contributed by atoms with E-state index < -0.39 is 5.54 Å². The second-order valence-electron chi connectivity index (χ2n) is 7.43. The molecule has 3 heteroatoms. The van der Waals surface area contributed by atoms with Crippen molar-refractivity contribution >= 4 is 5.78 Å². The third-order valence-corrected chi connectivity index (χ3v) is 5.13. The largest absolute Gasteiger partial charge is 0.394 e. The van der Waals surface area contributed by atoms with Crippen molar-refractivity contribution < 1.29 is 9.90 Å². The molecule has 0 radical (unpaired) electrons. The van der Waals surface area contributed by atoms with Gasteiger partial charge in [-0.15, -0.1) is 0 Å². The molecule has 0 aromatic carbocycles. The van der Waals surface area contributed by atoms with Crippen molar-refractivity contribution in [3.63, 3.8) is 0 Å². The van der Waals surface area contributed by atoms with Crippen LogP contribution in [0, 0.1) is 0 Å². The van der Waals surface area contributed by atoms with Crippen LogP contribution in [0.3, 0.4) is 0 Å². The molecule has 1 unspecified atom stereocenters.